The minimum absolute atomic E-state index is 0.340. The first-order valence-corrected chi connectivity index (χ1v) is 6.72. The van der Waals surface area contributed by atoms with Crippen LogP contribution in [-0.4, -0.2) is 49.3 Å². The van der Waals surface area contributed by atoms with Crippen LogP contribution in [0.1, 0.15) is 5.56 Å². The monoisotopic (exact) mass is 330 g/mol. The molecule has 0 saturated carbocycles. The maximum Gasteiger partial charge on any atom is 0.321 e. The maximum absolute atomic E-state index is 10.7. The normalized spacial score (nSPS) is 12.5. The molecule has 0 aliphatic heterocycles. The summed E-state index contributed by atoms with van der Waals surface area (Å²) in [4.78, 5) is 12.6. The number of methoxy groups -OCH3 is 1. The molecule has 6 heteroatoms. The number of aliphatic carboxylic acids is 1. The average Bonchev–Trinajstić information content (AvgIpc) is 2.36. The summed E-state index contributed by atoms with van der Waals surface area (Å²) in [5.41, 5.74) is 6.64. The van der Waals surface area contributed by atoms with Crippen LogP contribution < -0.4 is 10.5 Å². The molecule has 0 fully saturated rings. The van der Waals surface area contributed by atoms with Gasteiger partial charge in [0.1, 0.15) is 11.8 Å². The topological polar surface area (TPSA) is 75.8 Å². The van der Waals surface area contributed by atoms with Crippen LogP contribution in [0.25, 0.3) is 0 Å². The Labute approximate surface area is 121 Å². The summed E-state index contributed by atoms with van der Waals surface area (Å²) >= 11 is 3.44. The number of halogens is 1. The third-order valence-electron chi connectivity index (χ3n) is 2.82. The summed E-state index contributed by atoms with van der Waals surface area (Å²) in [5, 5.41) is 8.74. The second kappa shape index (κ2) is 7.47. The molecule has 0 amide bonds. The summed E-state index contributed by atoms with van der Waals surface area (Å²) in [7, 11) is 3.49. The largest absolute Gasteiger partial charge is 0.496 e. The fourth-order valence-electron chi connectivity index (χ4n) is 1.69. The van der Waals surface area contributed by atoms with Gasteiger partial charge in [-0.1, -0.05) is 6.07 Å². The molecule has 0 bridgehead atoms. The molecule has 0 aliphatic rings. The van der Waals surface area contributed by atoms with Crippen molar-refractivity contribution in [3.05, 3.63) is 28.2 Å². The summed E-state index contributed by atoms with van der Waals surface area (Å²) in [6, 6.07) is 5.06. The first-order valence-electron chi connectivity index (χ1n) is 5.93. The number of ether oxygens (including phenoxy) is 1. The van der Waals surface area contributed by atoms with Gasteiger partial charge < -0.3 is 20.5 Å². The van der Waals surface area contributed by atoms with Gasteiger partial charge in [0.05, 0.1) is 11.6 Å². The lowest BCUT2D eigenvalue weighted by atomic mass is 10.1. The minimum atomic E-state index is -0.973. The van der Waals surface area contributed by atoms with E-state index in [0.29, 0.717) is 6.54 Å². The number of hydrogen-bond donors (Lipinski definition) is 2. The van der Waals surface area contributed by atoms with Gasteiger partial charge in [0, 0.05) is 13.1 Å². The lowest BCUT2D eigenvalue weighted by molar-refractivity contribution is -0.138. The Balaban J connectivity index is 2.48. The van der Waals surface area contributed by atoms with Crippen molar-refractivity contribution in [3.63, 3.8) is 0 Å². The minimum Gasteiger partial charge on any atom is -0.496 e. The fraction of sp³-hybridized carbons (Fsp3) is 0.462. The molecule has 0 heterocycles. The van der Waals surface area contributed by atoms with E-state index in [0.717, 1.165) is 28.8 Å². The van der Waals surface area contributed by atoms with Crippen LogP contribution in [0.3, 0.4) is 0 Å². The van der Waals surface area contributed by atoms with E-state index in [4.69, 9.17) is 15.6 Å². The van der Waals surface area contributed by atoms with Gasteiger partial charge in [0.25, 0.3) is 0 Å². The quantitative estimate of drug-likeness (QED) is 0.789. The Morgan fingerprint density at radius 1 is 1.58 bits per heavy atom. The highest BCUT2D eigenvalue weighted by molar-refractivity contribution is 9.10. The third-order valence-corrected chi connectivity index (χ3v) is 3.44. The lowest BCUT2D eigenvalue weighted by Gasteiger charge is -2.19. The molecule has 0 radical (unpaired) electrons. The molecular weight excluding hydrogens is 312 g/mol. The molecule has 5 nitrogen and oxygen atoms in total. The molecular formula is C13H19BrN2O3. The standard InChI is InChI=1S/C13H19BrN2O3/c1-16(8-11(15)13(17)18)6-5-9-3-4-12(19-2)10(14)7-9/h3-4,7,11H,5-6,8,15H2,1-2H3,(H,17,18). The maximum atomic E-state index is 10.7. The van der Waals surface area contributed by atoms with Gasteiger partial charge >= 0.3 is 5.97 Å². The predicted octanol–water partition coefficient (Wildman–Crippen LogP) is 1.34. The Kier molecular flexibility index (Phi) is 6.27. The van der Waals surface area contributed by atoms with E-state index in [2.05, 4.69) is 15.9 Å². The molecule has 1 aromatic carbocycles. The summed E-state index contributed by atoms with van der Waals surface area (Å²) in [5.74, 6) is -0.177. The van der Waals surface area contributed by atoms with Crippen molar-refractivity contribution >= 4 is 21.9 Å². The van der Waals surface area contributed by atoms with E-state index in [1.807, 2.05) is 30.1 Å². The zero-order valence-electron chi connectivity index (χ0n) is 11.1. The molecule has 1 rings (SSSR count). The Hall–Kier alpha value is -1.11. The van der Waals surface area contributed by atoms with Gasteiger partial charge in [-0.25, -0.2) is 0 Å². The van der Waals surface area contributed by atoms with E-state index in [9.17, 15) is 4.79 Å². The molecule has 0 aromatic heterocycles. The Morgan fingerprint density at radius 2 is 2.26 bits per heavy atom. The molecule has 0 spiro atoms. The van der Waals surface area contributed by atoms with Crippen LogP contribution >= 0.6 is 15.9 Å². The van der Waals surface area contributed by atoms with Gasteiger partial charge in [0.15, 0.2) is 0 Å². The molecule has 3 N–H and O–H groups in total. The van der Waals surface area contributed by atoms with Crippen molar-refractivity contribution in [2.45, 2.75) is 12.5 Å². The van der Waals surface area contributed by atoms with E-state index < -0.39 is 12.0 Å². The van der Waals surface area contributed by atoms with Gasteiger partial charge in [-0.15, -0.1) is 0 Å². The van der Waals surface area contributed by atoms with Crippen LogP contribution in [0, 0.1) is 0 Å². The van der Waals surface area contributed by atoms with Crippen molar-refractivity contribution in [1.29, 1.82) is 0 Å². The summed E-state index contributed by atoms with van der Waals surface area (Å²) in [6.07, 6.45) is 0.825. The second-order valence-electron chi connectivity index (χ2n) is 4.43. The SMILES string of the molecule is COc1ccc(CCN(C)CC(N)C(=O)O)cc1Br. The zero-order valence-corrected chi connectivity index (χ0v) is 12.7. The van der Waals surface area contributed by atoms with Crippen LogP contribution in [0.4, 0.5) is 0 Å². The van der Waals surface area contributed by atoms with Gasteiger partial charge in [-0.05, 0) is 47.1 Å². The van der Waals surface area contributed by atoms with Crippen molar-refractivity contribution in [2.75, 3.05) is 27.2 Å². The second-order valence-corrected chi connectivity index (χ2v) is 5.28. The number of carbonyl (C=O) groups is 1. The zero-order chi connectivity index (χ0) is 14.4. The van der Waals surface area contributed by atoms with Crippen LogP contribution in [-0.2, 0) is 11.2 Å². The number of rotatable bonds is 7. The molecule has 19 heavy (non-hydrogen) atoms. The fourth-order valence-corrected chi connectivity index (χ4v) is 2.28. The van der Waals surface area contributed by atoms with E-state index in [-0.39, 0.29) is 0 Å². The molecule has 106 valence electrons. The highest BCUT2D eigenvalue weighted by Crippen LogP contribution is 2.25. The Bertz CT molecular complexity index is 440. The van der Waals surface area contributed by atoms with Gasteiger partial charge in [-0.2, -0.15) is 0 Å². The molecule has 1 unspecified atom stereocenters. The van der Waals surface area contributed by atoms with Crippen molar-refractivity contribution < 1.29 is 14.6 Å². The van der Waals surface area contributed by atoms with Crippen LogP contribution in [0.15, 0.2) is 22.7 Å². The van der Waals surface area contributed by atoms with Crippen molar-refractivity contribution in [3.8, 4) is 5.75 Å². The predicted molar refractivity (Wildman–Crippen MR) is 77.5 cm³/mol. The van der Waals surface area contributed by atoms with Gasteiger partial charge in [0.2, 0.25) is 0 Å². The smallest absolute Gasteiger partial charge is 0.321 e. The highest BCUT2D eigenvalue weighted by Gasteiger charge is 2.13. The molecule has 0 aliphatic carbocycles. The summed E-state index contributed by atoms with van der Waals surface area (Å²) < 4.78 is 6.08. The first kappa shape index (κ1) is 15.9. The average molecular weight is 331 g/mol. The van der Waals surface area contributed by atoms with E-state index >= 15 is 0 Å². The number of likely N-dealkylation sites (N-methyl/N-ethyl adjacent to an activating group) is 1. The highest BCUT2D eigenvalue weighted by atomic mass is 79.9. The first-order chi connectivity index (χ1) is 8.93. The van der Waals surface area contributed by atoms with Crippen molar-refractivity contribution in [1.82, 2.24) is 4.90 Å². The Morgan fingerprint density at radius 3 is 2.79 bits per heavy atom. The number of nitrogens with zero attached hydrogens (tertiary/aromatic N) is 1. The van der Waals surface area contributed by atoms with Gasteiger partial charge in [-0.3, -0.25) is 4.79 Å². The van der Waals surface area contributed by atoms with E-state index in [1.165, 1.54) is 0 Å². The van der Waals surface area contributed by atoms with Crippen LogP contribution in [0.5, 0.6) is 5.75 Å². The molecule has 0 saturated heterocycles. The number of benzene rings is 1. The van der Waals surface area contributed by atoms with Crippen LogP contribution in [0.2, 0.25) is 0 Å². The number of carboxylic acids is 1. The number of nitrogens with two attached hydrogens (primary N) is 1. The van der Waals surface area contributed by atoms with Crippen molar-refractivity contribution in [2.24, 2.45) is 5.73 Å². The molecule has 1 aromatic rings. The third kappa shape index (κ3) is 5.18. The molecule has 1 atom stereocenters. The number of hydrogen-bond acceptors (Lipinski definition) is 4. The summed E-state index contributed by atoms with van der Waals surface area (Å²) in [6.45, 7) is 1.09. The van der Waals surface area contributed by atoms with E-state index in [1.54, 1.807) is 7.11 Å². The lowest BCUT2D eigenvalue weighted by Crippen LogP contribution is -2.41. The number of carboxylic acid groups (broad SMARTS) is 1.